The van der Waals surface area contributed by atoms with Crippen LogP contribution in [0.25, 0.3) is 0 Å². The van der Waals surface area contributed by atoms with Gasteiger partial charge in [-0.3, -0.25) is 14.4 Å². The SMILES string of the molecule is CN(C)Cc1cn(C[C@H]2C[C@@H]3CCN2C[C@@H]3C(=O)NCc2ccco2)nn1. The highest BCUT2D eigenvalue weighted by Crippen LogP contribution is 2.37. The van der Waals surface area contributed by atoms with Gasteiger partial charge in [-0.15, -0.1) is 5.10 Å². The second-order valence-corrected chi connectivity index (χ2v) is 8.01. The zero-order valence-electron chi connectivity index (χ0n) is 16.0. The van der Waals surface area contributed by atoms with E-state index in [1.54, 1.807) is 6.26 Å². The maximum absolute atomic E-state index is 12.6. The van der Waals surface area contributed by atoms with Gasteiger partial charge in [-0.25, -0.2) is 0 Å². The maximum Gasteiger partial charge on any atom is 0.225 e. The van der Waals surface area contributed by atoms with Crippen LogP contribution < -0.4 is 5.32 Å². The Balaban J connectivity index is 1.31. The summed E-state index contributed by atoms with van der Waals surface area (Å²) >= 11 is 0. The largest absolute Gasteiger partial charge is 0.467 e. The lowest BCUT2D eigenvalue weighted by Crippen LogP contribution is -2.57. The predicted octanol–water partition coefficient (Wildman–Crippen LogP) is 0.960. The molecule has 0 spiro atoms. The van der Waals surface area contributed by atoms with Crippen molar-refractivity contribution in [3.05, 3.63) is 36.0 Å². The second-order valence-electron chi connectivity index (χ2n) is 8.01. The van der Waals surface area contributed by atoms with Crippen molar-refractivity contribution in [1.29, 1.82) is 0 Å². The van der Waals surface area contributed by atoms with E-state index in [1.807, 2.05) is 37.1 Å². The minimum Gasteiger partial charge on any atom is -0.467 e. The minimum atomic E-state index is 0.0741. The third-order valence-corrected chi connectivity index (χ3v) is 5.69. The van der Waals surface area contributed by atoms with Gasteiger partial charge >= 0.3 is 0 Å². The van der Waals surface area contributed by atoms with Gasteiger partial charge in [0.2, 0.25) is 5.91 Å². The van der Waals surface area contributed by atoms with Crippen molar-refractivity contribution in [2.45, 2.75) is 38.5 Å². The Morgan fingerprint density at radius 1 is 1.44 bits per heavy atom. The Morgan fingerprint density at radius 2 is 2.33 bits per heavy atom. The summed E-state index contributed by atoms with van der Waals surface area (Å²) in [4.78, 5) is 17.2. The van der Waals surface area contributed by atoms with E-state index < -0.39 is 0 Å². The first-order valence-corrected chi connectivity index (χ1v) is 9.66. The number of carbonyl (C=O) groups is 1. The zero-order chi connectivity index (χ0) is 18.8. The molecule has 1 amide bonds. The molecule has 4 atom stereocenters. The molecule has 3 aliphatic rings. The molecule has 3 aliphatic heterocycles. The summed E-state index contributed by atoms with van der Waals surface area (Å²) in [6.07, 6.45) is 5.81. The van der Waals surface area contributed by atoms with Gasteiger partial charge < -0.3 is 14.6 Å². The van der Waals surface area contributed by atoms with Crippen LogP contribution in [0.15, 0.2) is 29.0 Å². The highest BCUT2D eigenvalue weighted by molar-refractivity contribution is 5.79. The van der Waals surface area contributed by atoms with Crippen molar-refractivity contribution < 1.29 is 9.21 Å². The third-order valence-electron chi connectivity index (χ3n) is 5.69. The van der Waals surface area contributed by atoms with Gasteiger partial charge in [0.15, 0.2) is 0 Å². The molecule has 8 nitrogen and oxygen atoms in total. The monoisotopic (exact) mass is 372 g/mol. The molecule has 0 aliphatic carbocycles. The van der Waals surface area contributed by atoms with Gasteiger partial charge in [0, 0.05) is 25.3 Å². The summed E-state index contributed by atoms with van der Waals surface area (Å²) < 4.78 is 7.25. The van der Waals surface area contributed by atoms with Crippen molar-refractivity contribution >= 4 is 5.91 Å². The van der Waals surface area contributed by atoms with Crippen LogP contribution in [0.4, 0.5) is 0 Å². The summed E-state index contributed by atoms with van der Waals surface area (Å²) in [5.41, 5.74) is 0.992. The molecule has 2 aromatic heterocycles. The van der Waals surface area contributed by atoms with Crippen molar-refractivity contribution in [1.82, 2.24) is 30.1 Å². The van der Waals surface area contributed by atoms with Crippen LogP contribution in [0.5, 0.6) is 0 Å². The number of piperidine rings is 3. The van der Waals surface area contributed by atoms with Gasteiger partial charge in [-0.1, -0.05) is 5.21 Å². The van der Waals surface area contributed by atoms with Crippen molar-refractivity contribution in [2.75, 3.05) is 27.2 Å². The van der Waals surface area contributed by atoms with E-state index in [2.05, 4.69) is 25.4 Å². The first-order valence-electron chi connectivity index (χ1n) is 9.66. The van der Waals surface area contributed by atoms with Crippen molar-refractivity contribution in [3.8, 4) is 0 Å². The normalized spacial score (nSPS) is 27.2. The van der Waals surface area contributed by atoms with Gasteiger partial charge in [-0.05, 0) is 51.5 Å². The van der Waals surface area contributed by atoms with Crippen LogP contribution in [0.1, 0.15) is 24.3 Å². The molecule has 0 aromatic carbocycles. The molecule has 0 saturated carbocycles. The van der Waals surface area contributed by atoms with Gasteiger partial charge in [0.1, 0.15) is 5.76 Å². The predicted molar refractivity (Wildman–Crippen MR) is 99.5 cm³/mol. The van der Waals surface area contributed by atoms with Crippen LogP contribution in [-0.2, 0) is 24.4 Å². The third kappa shape index (κ3) is 4.22. The number of hydrogen-bond donors (Lipinski definition) is 1. The van der Waals surface area contributed by atoms with Gasteiger partial charge in [-0.2, -0.15) is 0 Å². The topological polar surface area (TPSA) is 79.4 Å². The van der Waals surface area contributed by atoms with Crippen LogP contribution >= 0.6 is 0 Å². The van der Waals surface area contributed by atoms with E-state index in [4.69, 9.17) is 4.42 Å². The fourth-order valence-corrected chi connectivity index (χ4v) is 4.38. The number of hydrogen-bond acceptors (Lipinski definition) is 6. The molecule has 5 rings (SSSR count). The standard InChI is InChI=1S/C19H28N6O2/c1-23(2)10-15-11-25(22-21-15)12-16-8-14-5-6-24(16)13-18(14)19(26)20-9-17-4-3-7-27-17/h3-4,7,11,14,16,18H,5-6,8-10,12-13H2,1-2H3,(H,20,26)/t14-,16+,18-/m0/s1. The molecule has 3 saturated heterocycles. The lowest BCUT2D eigenvalue weighted by atomic mass is 9.75. The Bertz CT molecular complexity index is 756. The van der Waals surface area contributed by atoms with E-state index in [1.165, 1.54) is 0 Å². The Labute approximate surface area is 159 Å². The summed E-state index contributed by atoms with van der Waals surface area (Å²) in [6.45, 7) is 4.01. The van der Waals surface area contributed by atoms with Crippen molar-refractivity contribution in [2.24, 2.45) is 11.8 Å². The number of furan rings is 1. The summed E-state index contributed by atoms with van der Waals surface area (Å²) in [6, 6.07) is 4.16. The molecule has 3 fully saturated rings. The van der Waals surface area contributed by atoms with Crippen LogP contribution in [-0.4, -0.2) is 63.9 Å². The van der Waals surface area contributed by atoms with E-state index >= 15 is 0 Å². The lowest BCUT2D eigenvalue weighted by Gasteiger charge is -2.49. The van der Waals surface area contributed by atoms with E-state index in [9.17, 15) is 4.79 Å². The molecule has 8 heteroatoms. The van der Waals surface area contributed by atoms with E-state index in [0.717, 1.165) is 50.5 Å². The molecule has 5 heterocycles. The molecular formula is C19H28N6O2. The molecule has 2 aromatic rings. The van der Waals surface area contributed by atoms with Gasteiger partial charge in [0.05, 0.1) is 31.0 Å². The maximum atomic E-state index is 12.6. The molecule has 1 N–H and O–H groups in total. The second kappa shape index (κ2) is 7.82. The lowest BCUT2D eigenvalue weighted by molar-refractivity contribution is -0.133. The first-order chi connectivity index (χ1) is 13.1. The molecule has 0 radical (unpaired) electrons. The summed E-state index contributed by atoms with van der Waals surface area (Å²) in [5.74, 6) is 1.46. The van der Waals surface area contributed by atoms with Crippen LogP contribution in [0.3, 0.4) is 0 Å². The minimum absolute atomic E-state index is 0.0741. The zero-order valence-corrected chi connectivity index (χ0v) is 16.0. The number of carbonyl (C=O) groups excluding carboxylic acids is 1. The summed E-state index contributed by atoms with van der Waals surface area (Å²) in [7, 11) is 4.06. The number of rotatable bonds is 7. The number of fused-ring (bicyclic) bond motifs is 3. The Morgan fingerprint density at radius 3 is 3.04 bits per heavy atom. The van der Waals surface area contributed by atoms with Crippen LogP contribution in [0, 0.1) is 11.8 Å². The molecule has 27 heavy (non-hydrogen) atoms. The molecule has 146 valence electrons. The summed E-state index contributed by atoms with van der Waals surface area (Å²) in [5, 5.41) is 11.6. The molecular weight excluding hydrogens is 344 g/mol. The van der Waals surface area contributed by atoms with E-state index in [0.29, 0.717) is 18.5 Å². The smallest absolute Gasteiger partial charge is 0.225 e. The Kier molecular flexibility index (Phi) is 5.27. The number of amides is 1. The number of nitrogens with one attached hydrogen (secondary N) is 1. The fraction of sp³-hybridized carbons (Fsp3) is 0.632. The first kappa shape index (κ1) is 18.2. The van der Waals surface area contributed by atoms with E-state index in [-0.39, 0.29) is 11.8 Å². The average molecular weight is 372 g/mol. The fourth-order valence-electron chi connectivity index (χ4n) is 4.38. The molecule has 1 unspecified atom stereocenters. The Hall–Kier alpha value is -2.19. The highest BCUT2D eigenvalue weighted by atomic mass is 16.3. The molecule has 2 bridgehead atoms. The average Bonchev–Trinajstić information content (AvgIpc) is 3.32. The number of aromatic nitrogens is 3. The van der Waals surface area contributed by atoms with Crippen LogP contribution in [0.2, 0.25) is 0 Å². The quantitative estimate of drug-likeness (QED) is 0.780. The van der Waals surface area contributed by atoms with Crippen molar-refractivity contribution in [3.63, 3.8) is 0 Å². The number of nitrogens with zero attached hydrogens (tertiary/aromatic N) is 5. The highest BCUT2D eigenvalue weighted by Gasteiger charge is 2.43. The van der Waals surface area contributed by atoms with Gasteiger partial charge in [0.25, 0.3) is 0 Å².